The molecule has 1 N–H and O–H groups in total. The van der Waals surface area contributed by atoms with E-state index in [1.165, 1.54) is 0 Å². The molecule has 0 saturated heterocycles. The fraction of sp³-hybridized carbons (Fsp3) is 0.375. The predicted octanol–water partition coefficient (Wildman–Crippen LogP) is -0.660. The third kappa shape index (κ3) is 4.93. The van der Waals surface area contributed by atoms with Crippen LogP contribution in [0.2, 0.25) is 5.02 Å². The summed E-state index contributed by atoms with van der Waals surface area (Å²) in [5.41, 5.74) is 2.65. The molecule has 1 aromatic heterocycles. The van der Waals surface area contributed by atoms with Gasteiger partial charge in [0.15, 0.2) is 0 Å². The number of hydrogen-bond acceptors (Lipinski definition) is 3. The van der Waals surface area contributed by atoms with E-state index in [9.17, 15) is 4.79 Å². The first kappa shape index (κ1) is 19.4. The van der Waals surface area contributed by atoms with Crippen LogP contribution in [0.4, 0.5) is 0 Å². The summed E-state index contributed by atoms with van der Waals surface area (Å²) in [6, 6.07) is 7.38. The van der Waals surface area contributed by atoms with E-state index in [1.807, 2.05) is 24.3 Å². The molecule has 1 aliphatic carbocycles. The summed E-state index contributed by atoms with van der Waals surface area (Å²) in [4.78, 5) is 19.4. The number of rotatable bonds is 1. The van der Waals surface area contributed by atoms with Gasteiger partial charge in [-0.2, -0.15) is 0 Å². The first-order valence-corrected chi connectivity index (χ1v) is 7.49. The third-order valence-corrected chi connectivity index (χ3v) is 3.52. The molecule has 0 unspecified atom stereocenters. The van der Waals surface area contributed by atoms with Crippen molar-refractivity contribution in [2.45, 2.75) is 32.6 Å². The van der Waals surface area contributed by atoms with Crippen molar-refractivity contribution in [1.82, 2.24) is 9.97 Å². The zero-order valence-corrected chi connectivity index (χ0v) is 15.7. The van der Waals surface area contributed by atoms with Gasteiger partial charge < -0.3 is 10.1 Å². The van der Waals surface area contributed by atoms with Crippen LogP contribution < -0.4 is 40.2 Å². The van der Waals surface area contributed by atoms with E-state index in [-0.39, 0.29) is 41.7 Å². The van der Waals surface area contributed by atoms with E-state index in [4.69, 9.17) is 16.7 Å². The smallest absolute Gasteiger partial charge is 0.855 e. The number of halogens is 1. The second-order valence-electron chi connectivity index (χ2n) is 4.85. The van der Waals surface area contributed by atoms with Crippen LogP contribution in [0.5, 0.6) is 0 Å². The largest absolute Gasteiger partial charge is 1.00 e. The fourth-order valence-corrected chi connectivity index (χ4v) is 2.57. The van der Waals surface area contributed by atoms with E-state index in [0.29, 0.717) is 10.8 Å². The van der Waals surface area contributed by atoms with Crippen LogP contribution in [0.1, 0.15) is 31.0 Å². The number of nitrogens with one attached hydrogen (secondary N) is 1. The molecule has 22 heavy (non-hydrogen) atoms. The Morgan fingerprint density at radius 2 is 2.00 bits per heavy atom. The topological polar surface area (TPSA) is 68.8 Å². The Morgan fingerprint density at radius 1 is 1.32 bits per heavy atom. The number of H-pyrrole nitrogens is 1. The monoisotopic (exact) mass is 328 g/mol. The van der Waals surface area contributed by atoms with E-state index in [2.05, 4.69) is 9.97 Å². The van der Waals surface area contributed by atoms with Crippen molar-refractivity contribution >= 4 is 11.6 Å². The van der Waals surface area contributed by atoms with Crippen LogP contribution in [0.15, 0.2) is 29.1 Å². The third-order valence-electron chi connectivity index (χ3n) is 3.29. The summed E-state index contributed by atoms with van der Waals surface area (Å²) in [6.45, 7) is 1.57. The Labute approximate surface area is 157 Å². The zero-order valence-electron chi connectivity index (χ0n) is 13.0. The Hall–Kier alpha value is -0.650. The van der Waals surface area contributed by atoms with Gasteiger partial charge in [0.1, 0.15) is 5.82 Å². The minimum absolute atomic E-state index is 0. The number of aromatic amines is 1. The first-order valence-electron chi connectivity index (χ1n) is 7.11. The van der Waals surface area contributed by atoms with Crippen molar-refractivity contribution in [3.8, 4) is 11.4 Å². The van der Waals surface area contributed by atoms with Crippen molar-refractivity contribution < 1.29 is 34.7 Å². The van der Waals surface area contributed by atoms with E-state index < -0.39 is 0 Å². The predicted molar refractivity (Wildman–Crippen MR) is 82.5 cm³/mol. The summed E-state index contributed by atoms with van der Waals surface area (Å²) < 4.78 is 0. The number of aromatic nitrogens is 2. The maximum absolute atomic E-state index is 12.0. The molecule has 0 bridgehead atoms. The summed E-state index contributed by atoms with van der Waals surface area (Å²) in [6.07, 6.45) is 3.92. The maximum atomic E-state index is 12.0. The molecule has 3 rings (SSSR count). The fourth-order valence-electron chi connectivity index (χ4n) is 2.38. The van der Waals surface area contributed by atoms with Crippen LogP contribution >= 0.6 is 11.6 Å². The van der Waals surface area contributed by atoms with Crippen molar-refractivity contribution in [3.63, 3.8) is 0 Å². The molecule has 0 spiro atoms. The molecular weight excluding hydrogens is 311 g/mol. The van der Waals surface area contributed by atoms with Gasteiger partial charge >= 0.3 is 29.6 Å². The second kappa shape index (κ2) is 9.48. The molecule has 1 aromatic carbocycles. The molecule has 4 nitrogen and oxygen atoms in total. The Kier molecular flexibility index (Phi) is 8.36. The van der Waals surface area contributed by atoms with Gasteiger partial charge in [-0.25, -0.2) is 4.98 Å². The number of fused-ring (bicyclic) bond motifs is 1. The molecular formula is C16H18ClN2NaO2. The summed E-state index contributed by atoms with van der Waals surface area (Å²) in [5, 5.41) is 9.58. The number of hydrogen-bond donors (Lipinski definition) is 1. The quantitative estimate of drug-likeness (QED) is 0.707. The second-order valence-corrected chi connectivity index (χ2v) is 5.28. The normalized spacial score (nSPS) is 12.5. The SMILES string of the molecule is CC[O-].O=c1[nH]c(-c2cccc(Cl)c2)nc2c1CCCC2.[Na+]. The molecule has 112 valence electrons. The molecule has 2 aromatic rings. The summed E-state index contributed by atoms with van der Waals surface area (Å²) >= 11 is 5.96. The average molecular weight is 329 g/mol. The van der Waals surface area contributed by atoms with E-state index in [0.717, 1.165) is 42.5 Å². The molecule has 0 radical (unpaired) electrons. The Balaban J connectivity index is 0.000000562. The van der Waals surface area contributed by atoms with E-state index >= 15 is 0 Å². The molecule has 1 aliphatic rings. The van der Waals surface area contributed by atoms with Crippen LogP contribution in [0.25, 0.3) is 11.4 Å². The average Bonchev–Trinajstić information content (AvgIpc) is 2.48. The molecule has 6 heteroatoms. The number of nitrogens with zero attached hydrogens (tertiary/aromatic N) is 1. The molecule has 0 aliphatic heterocycles. The van der Waals surface area contributed by atoms with Gasteiger partial charge in [0.25, 0.3) is 5.56 Å². The van der Waals surface area contributed by atoms with Gasteiger partial charge in [-0.05, 0) is 37.8 Å². The van der Waals surface area contributed by atoms with Gasteiger partial charge in [0, 0.05) is 16.1 Å². The van der Waals surface area contributed by atoms with Gasteiger partial charge in [-0.15, -0.1) is 6.61 Å². The van der Waals surface area contributed by atoms with Gasteiger partial charge in [0.05, 0.1) is 5.69 Å². The minimum atomic E-state index is -0.00493. The van der Waals surface area contributed by atoms with Gasteiger partial charge in [-0.1, -0.05) is 30.7 Å². The van der Waals surface area contributed by atoms with Crippen LogP contribution in [-0.4, -0.2) is 16.6 Å². The van der Waals surface area contributed by atoms with Crippen LogP contribution in [0.3, 0.4) is 0 Å². The number of benzene rings is 1. The zero-order chi connectivity index (χ0) is 15.2. The minimum Gasteiger partial charge on any atom is -0.855 e. The Bertz CT molecular complexity index is 673. The molecule has 0 atom stereocenters. The molecule has 0 saturated carbocycles. The van der Waals surface area contributed by atoms with Gasteiger partial charge in [-0.3, -0.25) is 4.79 Å². The first-order chi connectivity index (χ1) is 10.2. The van der Waals surface area contributed by atoms with Crippen molar-refractivity contribution in [1.29, 1.82) is 0 Å². The summed E-state index contributed by atoms with van der Waals surface area (Å²) in [7, 11) is 0. The van der Waals surface area contributed by atoms with Crippen molar-refractivity contribution in [2.75, 3.05) is 6.61 Å². The molecule has 1 heterocycles. The summed E-state index contributed by atoms with van der Waals surface area (Å²) in [5.74, 6) is 0.614. The van der Waals surface area contributed by atoms with Crippen LogP contribution in [0, 0.1) is 0 Å². The number of aryl methyl sites for hydroxylation is 1. The van der Waals surface area contributed by atoms with Crippen LogP contribution in [-0.2, 0) is 12.8 Å². The van der Waals surface area contributed by atoms with Crippen molar-refractivity contribution in [2.24, 2.45) is 0 Å². The standard InChI is InChI=1S/C14H13ClN2O.C2H5O.Na/c15-10-5-3-4-9(8-10)13-16-12-7-2-1-6-11(12)14(18)17-13;1-2-3;/h3-5,8H,1-2,6-7H2,(H,16,17,18);2H2,1H3;/q;-1;+1. The van der Waals surface area contributed by atoms with E-state index in [1.54, 1.807) is 6.92 Å². The molecule has 0 fully saturated rings. The maximum Gasteiger partial charge on any atom is 1.00 e. The van der Waals surface area contributed by atoms with Crippen molar-refractivity contribution in [3.05, 3.63) is 50.9 Å². The Morgan fingerprint density at radius 3 is 2.68 bits per heavy atom. The van der Waals surface area contributed by atoms with Gasteiger partial charge in [0.2, 0.25) is 0 Å². The molecule has 0 amide bonds.